The molecule has 0 saturated heterocycles. The van der Waals surface area contributed by atoms with Gasteiger partial charge in [-0.25, -0.2) is 9.59 Å². The maximum absolute atomic E-state index is 12.4. The summed E-state index contributed by atoms with van der Waals surface area (Å²) in [7, 11) is 2.51. The summed E-state index contributed by atoms with van der Waals surface area (Å²) < 4.78 is 9.69. The first-order valence-corrected chi connectivity index (χ1v) is 8.53. The molecule has 3 rings (SSSR count). The summed E-state index contributed by atoms with van der Waals surface area (Å²) in [5, 5.41) is 12.2. The van der Waals surface area contributed by atoms with Crippen LogP contribution in [0.25, 0.3) is 5.69 Å². The van der Waals surface area contributed by atoms with Crippen LogP contribution in [-0.2, 0) is 25.5 Å². The van der Waals surface area contributed by atoms with Gasteiger partial charge in [-0.3, -0.25) is 0 Å². The molecule has 2 heterocycles. The van der Waals surface area contributed by atoms with E-state index in [1.165, 1.54) is 25.1 Å². The second-order valence-electron chi connectivity index (χ2n) is 5.68. The fraction of sp³-hybridized carbons (Fsp3) is 0.211. The van der Waals surface area contributed by atoms with Crippen LogP contribution in [0.1, 0.15) is 12.7 Å². The van der Waals surface area contributed by atoms with Crippen LogP contribution < -0.4 is 4.90 Å². The van der Waals surface area contributed by atoms with E-state index in [-0.39, 0.29) is 11.3 Å². The van der Waals surface area contributed by atoms with E-state index in [0.29, 0.717) is 23.6 Å². The Morgan fingerprint density at radius 3 is 2.29 bits per heavy atom. The number of carbonyl (C=O) groups is 2. The summed E-state index contributed by atoms with van der Waals surface area (Å²) in [6.07, 6.45) is 7.22. The van der Waals surface area contributed by atoms with Crippen LogP contribution in [0, 0.1) is 0 Å². The van der Waals surface area contributed by atoms with E-state index < -0.39 is 11.9 Å². The molecule has 1 aromatic heterocycles. The van der Waals surface area contributed by atoms with Gasteiger partial charge in [0.25, 0.3) is 0 Å². The first kappa shape index (κ1) is 19.0. The molecule has 144 valence electrons. The van der Waals surface area contributed by atoms with Crippen molar-refractivity contribution in [2.45, 2.75) is 13.3 Å². The lowest BCUT2D eigenvalue weighted by Gasteiger charge is -2.23. The largest absolute Gasteiger partial charge is 0.465 e. The molecule has 0 aliphatic carbocycles. The van der Waals surface area contributed by atoms with Gasteiger partial charge in [0.1, 0.15) is 5.70 Å². The Bertz CT molecular complexity index is 972. The lowest BCUT2D eigenvalue weighted by Crippen LogP contribution is -2.26. The first-order valence-electron chi connectivity index (χ1n) is 8.53. The Hall–Kier alpha value is -3.75. The molecule has 9 heteroatoms. The van der Waals surface area contributed by atoms with E-state index in [9.17, 15) is 9.59 Å². The summed E-state index contributed by atoms with van der Waals surface area (Å²) in [6.45, 7) is 1.95. The Labute approximate surface area is 161 Å². The number of esters is 2. The highest BCUT2D eigenvalue weighted by atomic mass is 16.5. The highest BCUT2D eigenvalue weighted by molar-refractivity contribution is 6.05. The van der Waals surface area contributed by atoms with Crippen LogP contribution in [0.3, 0.4) is 0 Å². The third kappa shape index (κ3) is 3.68. The number of tetrazole rings is 1. The van der Waals surface area contributed by atoms with Gasteiger partial charge in [-0.15, -0.1) is 15.0 Å². The average Bonchev–Trinajstić information content (AvgIpc) is 3.11. The minimum Gasteiger partial charge on any atom is -0.465 e. The Morgan fingerprint density at radius 1 is 1.00 bits per heavy atom. The van der Waals surface area contributed by atoms with Gasteiger partial charge in [0.05, 0.1) is 25.5 Å². The summed E-state index contributed by atoms with van der Waals surface area (Å²) in [5.41, 5.74) is 1.50. The average molecular weight is 381 g/mol. The van der Waals surface area contributed by atoms with E-state index in [2.05, 4.69) is 15.4 Å². The van der Waals surface area contributed by atoms with E-state index >= 15 is 0 Å². The maximum atomic E-state index is 12.4. The highest BCUT2D eigenvalue weighted by Gasteiger charge is 2.27. The van der Waals surface area contributed by atoms with Crippen molar-refractivity contribution in [3.8, 4) is 5.69 Å². The SMILES string of the molecule is CCc1nnn(-c2ccc(N3C=CC=CC(C(=O)OC)=C3C(=O)OC)cc2)n1. The second-order valence-corrected chi connectivity index (χ2v) is 5.68. The van der Waals surface area contributed by atoms with Crippen molar-refractivity contribution in [3.63, 3.8) is 0 Å². The molecule has 1 aliphatic rings. The van der Waals surface area contributed by atoms with Crippen molar-refractivity contribution < 1.29 is 19.1 Å². The normalized spacial score (nSPS) is 13.5. The summed E-state index contributed by atoms with van der Waals surface area (Å²) in [6, 6.07) is 7.13. The molecular formula is C19H19N5O4. The number of ether oxygens (including phenoxy) is 2. The lowest BCUT2D eigenvalue weighted by molar-refractivity contribution is -0.139. The molecule has 28 heavy (non-hydrogen) atoms. The van der Waals surface area contributed by atoms with Crippen LogP contribution in [0.4, 0.5) is 5.69 Å². The van der Waals surface area contributed by atoms with Gasteiger partial charge in [-0.05, 0) is 41.6 Å². The number of aryl methyl sites for hydroxylation is 1. The molecule has 0 radical (unpaired) electrons. The number of nitrogens with zero attached hydrogens (tertiary/aromatic N) is 5. The number of carbonyl (C=O) groups excluding carboxylic acids is 2. The van der Waals surface area contributed by atoms with E-state index in [4.69, 9.17) is 9.47 Å². The number of hydrogen-bond donors (Lipinski definition) is 0. The van der Waals surface area contributed by atoms with Gasteiger partial charge < -0.3 is 14.4 Å². The number of allylic oxidation sites excluding steroid dienone is 2. The molecule has 0 N–H and O–H groups in total. The van der Waals surface area contributed by atoms with Crippen molar-refractivity contribution in [3.05, 3.63) is 65.8 Å². The first-order chi connectivity index (χ1) is 13.6. The fourth-order valence-corrected chi connectivity index (χ4v) is 2.61. The van der Waals surface area contributed by atoms with Crippen molar-refractivity contribution in [2.75, 3.05) is 19.1 Å². The fourth-order valence-electron chi connectivity index (χ4n) is 2.61. The zero-order valence-electron chi connectivity index (χ0n) is 15.7. The summed E-state index contributed by atoms with van der Waals surface area (Å²) in [5.74, 6) is -0.656. The van der Waals surface area contributed by atoms with Crippen molar-refractivity contribution in [1.29, 1.82) is 0 Å². The quantitative estimate of drug-likeness (QED) is 0.722. The Balaban J connectivity index is 2.02. The van der Waals surface area contributed by atoms with Crippen molar-refractivity contribution in [2.24, 2.45) is 0 Å². The van der Waals surface area contributed by atoms with Gasteiger partial charge in [0, 0.05) is 18.3 Å². The molecule has 0 amide bonds. The molecule has 0 saturated carbocycles. The minimum atomic E-state index is -0.661. The number of benzene rings is 1. The van der Waals surface area contributed by atoms with Gasteiger partial charge >= 0.3 is 11.9 Å². The van der Waals surface area contributed by atoms with Gasteiger partial charge in [-0.2, -0.15) is 0 Å². The molecule has 0 fully saturated rings. The maximum Gasteiger partial charge on any atom is 0.355 e. The van der Waals surface area contributed by atoms with Crippen molar-refractivity contribution in [1.82, 2.24) is 20.2 Å². The molecule has 0 bridgehead atoms. The van der Waals surface area contributed by atoms with E-state index in [0.717, 1.165) is 0 Å². The molecule has 9 nitrogen and oxygen atoms in total. The van der Waals surface area contributed by atoms with Crippen LogP contribution in [0.5, 0.6) is 0 Å². The molecule has 0 unspecified atom stereocenters. The van der Waals surface area contributed by atoms with E-state index in [1.54, 1.807) is 47.5 Å². The number of hydrogen-bond acceptors (Lipinski definition) is 8. The molecular weight excluding hydrogens is 362 g/mol. The highest BCUT2D eigenvalue weighted by Crippen LogP contribution is 2.27. The summed E-state index contributed by atoms with van der Waals surface area (Å²) >= 11 is 0. The minimum absolute atomic E-state index is 0.0549. The van der Waals surface area contributed by atoms with Crippen LogP contribution >= 0.6 is 0 Å². The van der Waals surface area contributed by atoms with Crippen LogP contribution in [0.15, 0.2) is 60.0 Å². The molecule has 0 atom stereocenters. The van der Waals surface area contributed by atoms with Gasteiger partial charge in [0.15, 0.2) is 5.82 Å². The zero-order chi connectivity index (χ0) is 20.1. The van der Waals surface area contributed by atoms with Gasteiger partial charge in [0.2, 0.25) is 0 Å². The Kier molecular flexibility index (Phi) is 5.64. The van der Waals surface area contributed by atoms with Crippen LogP contribution in [-0.4, -0.2) is 46.4 Å². The summed E-state index contributed by atoms with van der Waals surface area (Å²) in [4.78, 5) is 27.6. The molecule has 1 aliphatic heterocycles. The standard InChI is InChI=1S/C19H19N5O4/c1-4-16-20-22-24(21-16)14-10-8-13(9-11-14)23-12-6-5-7-15(18(25)27-2)17(23)19(26)28-3/h5-12H,4H2,1-3H3. The van der Waals surface area contributed by atoms with Crippen LogP contribution in [0.2, 0.25) is 0 Å². The third-order valence-corrected chi connectivity index (χ3v) is 4.02. The third-order valence-electron chi connectivity index (χ3n) is 4.02. The smallest absolute Gasteiger partial charge is 0.355 e. The number of aromatic nitrogens is 4. The topological polar surface area (TPSA) is 99.4 Å². The lowest BCUT2D eigenvalue weighted by atomic mass is 10.1. The monoisotopic (exact) mass is 381 g/mol. The number of rotatable bonds is 5. The molecule has 0 spiro atoms. The Morgan fingerprint density at radius 2 is 1.68 bits per heavy atom. The molecule has 1 aromatic carbocycles. The second kappa shape index (κ2) is 8.30. The zero-order valence-corrected chi connectivity index (χ0v) is 15.7. The number of methoxy groups -OCH3 is 2. The number of anilines is 1. The predicted octanol–water partition coefficient (Wildman–Crippen LogP) is 1.71. The molecule has 2 aromatic rings. The van der Waals surface area contributed by atoms with E-state index in [1.807, 2.05) is 6.92 Å². The van der Waals surface area contributed by atoms with Crippen molar-refractivity contribution >= 4 is 17.6 Å². The predicted molar refractivity (Wildman–Crippen MR) is 100 cm³/mol. The van der Waals surface area contributed by atoms with Gasteiger partial charge in [-0.1, -0.05) is 13.0 Å².